The second-order valence-corrected chi connectivity index (χ2v) is 8.98. The van der Waals surface area contributed by atoms with Gasteiger partial charge in [-0.25, -0.2) is 9.97 Å². The van der Waals surface area contributed by atoms with Crippen molar-refractivity contribution >= 4 is 28.2 Å². The van der Waals surface area contributed by atoms with Gasteiger partial charge in [-0.15, -0.1) is 0 Å². The van der Waals surface area contributed by atoms with E-state index in [1.165, 1.54) is 18.3 Å². The largest absolute Gasteiger partial charge is 0.506 e. The van der Waals surface area contributed by atoms with E-state index in [1.807, 2.05) is 0 Å². The van der Waals surface area contributed by atoms with E-state index in [2.05, 4.69) is 15.3 Å². The molecule has 0 spiro atoms. The smallest absolute Gasteiger partial charge is 0.419 e. The molecule has 0 aliphatic heterocycles. The molecule has 4 rings (SSSR count). The molecule has 1 aromatic heterocycles. The molecule has 1 aliphatic rings. The van der Waals surface area contributed by atoms with Crippen molar-refractivity contribution in [2.24, 2.45) is 0 Å². The summed E-state index contributed by atoms with van der Waals surface area (Å²) in [5, 5.41) is 25.1. The minimum Gasteiger partial charge on any atom is -0.506 e. The van der Waals surface area contributed by atoms with Gasteiger partial charge in [-0.05, 0) is 42.5 Å². The third kappa shape index (κ3) is 3.38. The van der Waals surface area contributed by atoms with Crippen LogP contribution >= 0.6 is 11.6 Å². The molecule has 1 aliphatic carbocycles. The molecule has 1 heterocycles. The molecule has 3 N–H and O–H groups in total. The van der Waals surface area contributed by atoms with Crippen molar-refractivity contribution in [2.45, 2.75) is 50.4 Å². The van der Waals surface area contributed by atoms with Crippen molar-refractivity contribution < 1.29 is 23.4 Å². The maximum absolute atomic E-state index is 14.3. The summed E-state index contributed by atoms with van der Waals surface area (Å²) in [7, 11) is 0. The minimum absolute atomic E-state index is 0.0389. The van der Waals surface area contributed by atoms with Crippen LogP contribution in [-0.4, -0.2) is 32.0 Å². The van der Waals surface area contributed by atoms with Crippen molar-refractivity contribution in [3.63, 3.8) is 0 Å². The standard InChI is InChI=1S/C22H21ClF3N3O2/c1-11-27-9-13-15(28-11)5-4-6-16(13)29-19-12-7-8-14(23)18(30)17(12)20(2,3)10-21(19,31)22(24,25)26/h4-9,19,29-31H,10H2,1-3H3/t19-,21-/m1/s1. The van der Waals surface area contributed by atoms with Crippen LogP contribution in [0.2, 0.25) is 5.02 Å². The summed E-state index contributed by atoms with van der Waals surface area (Å²) < 4.78 is 42.8. The molecule has 3 aromatic rings. The van der Waals surface area contributed by atoms with Gasteiger partial charge in [0, 0.05) is 22.8 Å². The maximum atomic E-state index is 14.3. The van der Waals surface area contributed by atoms with Gasteiger partial charge >= 0.3 is 6.18 Å². The number of halogens is 4. The first-order valence-corrected chi connectivity index (χ1v) is 10.0. The lowest BCUT2D eigenvalue weighted by molar-refractivity contribution is -0.275. The van der Waals surface area contributed by atoms with E-state index in [1.54, 1.807) is 39.0 Å². The number of phenols is 1. The normalized spacial score (nSPS) is 22.9. The number of hydrogen-bond acceptors (Lipinski definition) is 5. The lowest BCUT2D eigenvalue weighted by atomic mass is 9.63. The molecule has 0 saturated heterocycles. The zero-order valence-electron chi connectivity index (χ0n) is 17.0. The van der Waals surface area contributed by atoms with E-state index in [0.29, 0.717) is 22.4 Å². The average Bonchev–Trinajstić information content (AvgIpc) is 2.65. The molecule has 164 valence electrons. The van der Waals surface area contributed by atoms with Crippen LogP contribution in [0.4, 0.5) is 18.9 Å². The summed E-state index contributed by atoms with van der Waals surface area (Å²) in [6.45, 7) is 4.81. The first-order chi connectivity index (χ1) is 14.3. The van der Waals surface area contributed by atoms with Gasteiger partial charge in [0.15, 0.2) is 5.60 Å². The molecule has 0 bridgehead atoms. The second kappa shape index (κ2) is 6.97. The number of benzene rings is 2. The summed E-state index contributed by atoms with van der Waals surface area (Å²) in [6, 6.07) is 6.15. The van der Waals surface area contributed by atoms with Crippen LogP contribution in [0.5, 0.6) is 5.75 Å². The highest BCUT2D eigenvalue weighted by atomic mass is 35.5. The molecule has 0 fully saturated rings. The van der Waals surface area contributed by atoms with Crippen LogP contribution in [0, 0.1) is 6.92 Å². The van der Waals surface area contributed by atoms with Crippen LogP contribution in [0.25, 0.3) is 10.9 Å². The highest BCUT2D eigenvalue weighted by molar-refractivity contribution is 6.32. The van der Waals surface area contributed by atoms with Gasteiger partial charge in [0.25, 0.3) is 0 Å². The fourth-order valence-electron chi connectivity index (χ4n) is 4.54. The molecule has 9 heteroatoms. The quantitative estimate of drug-likeness (QED) is 0.484. The third-order valence-corrected chi connectivity index (χ3v) is 6.18. The van der Waals surface area contributed by atoms with Gasteiger partial charge in [-0.1, -0.05) is 37.6 Å². The summed E-state index contributed by atoms with van der Waals surface area (Å²) in [6.07, 6.45) is -4.07. The second-order valence-electron chi connectivity index (χ2n) is 8.58. The van der Waals surface area contributed by atoms with Crippen LogP contribution in [0.3, 0.4) is 0 Å². The van der Waals surface area contributed by atoms with Gasteiger partial charge in [-0.2, -0.15) is 13.2 Å². The Morgan fingerprint density at radius 2 is 1.90 bits per heavy atom. The fourth-order valence-corrected chi connectivity index (χ4v) is 4.70. The van der Waals surface area contributed by atoms with Crippen LogP contribution in [-0.2, 0) is 5.41 Å². The topological polar surface area (TPSA) is 78.3 Å². The number of aryl methyl sites for hydroxylation is 1. The van der Waals surface area contributed by atoms with Gasteiger partial charge in [0.2, 0.25) is 0 Å². The summed E-state index contributed by atoms with van der Waals surface area (Å²) >= 11 is 6.06. The number of rotatable bonds is 2. The van der Waals surface area contributed by atoms with E-state index in [4.69, 9.17) is 11.6 Å². The Morgan fingerprint density at radius 1 is 1.19 bits per heavy atom. The average molecular weight is 452 g/mol. The third-order valence-electron chi connectivity index (χ3n) is 5.87. The summed E-state index contributed by atoms with van der Waals surface area (Å²) in [5.41, 5.74) is -2.99. The van der Waals surface area contributed by atoms with E-state index < -0.39 is 29.7 Å². The molecule has 0 saturated carbocycles. The summed E-state index contributed by atoms with van der Waals surface area (Å²) in [5.74, 6) is 0.248. The monoisotopic (exact) mass is 451 g/mol. The molecule has 2 aromatic carbocycles. The number of nitrogens with zero attached hydrogens (tertiary/aromatic N) is 2. The van der Waals surface area contributed by atoms with Crippen molar-refractivity contribution in [2.75, 3.05) is 5.32 Å². The molecular weight excluding hydrogens is 431 g/mol. The van der Waals surface area contributed by atoms with Crippen LogP contribution in [0.15, 0.2) is 36.5 Å². The SMILES string of the molecule is Cc1ncc2c(N[C@@H]3c4ccc(Cl)c(O)c4C(C)(C)C[C@]3(O)C(F)(F)F)cccc2n1. The maximum Gasteiger partial charge on any atom is 0.419 e. The summed E-state index contributed by atoms with van der Waals surface area (Å²) in [4.78, 5) is 8.46. The fraction of sp³-hybridized carbons (Fsp3) is 0.364. The predicted molar refractivity (Wildman–Crippen MR) is 112 cm³/mol. The number of anilines is 1. The Hall–Kier alpha value is -2.58. The predicted octanol–water partition coefficient (Wildman–Crippen LogP) is 5.43. The number of aromatic hydroxyl groups is 1. The zero-order valence-corrected chi connectivity index (χ0v) is 17.8. The molecule has 0 amide bonds. The van der Waals surface area contributed by atoms with Crippen molar-refractivity contribution in [3.8, 4) is 5.75 Å². The molecule has 31 heavy (non-hydrogen) atoms. The number of hydrogen-bond donors (Lipinski definition) is 3. The molecule has 0 unspecified atom stereocenters. The minimum atomic E-state index is -4.94. The Bertz CT molecular complexity index is 1180. The van der Waals surface area contributed by atoms with E-state index in [9.17, 15) is 23.4 Å². The zero-order chi connectivity index (χ0) is 22.8. The number of aliphatic hydroxyl groups is 1. The Balaban J connectivity index is 1.95. The number of aromatic nitrogens is 2. The molecule has 5 nitrogen and oxygen atoms in total. The van der Waals surface area contributed by atoms with E-state index in [0.717, 1.165) is 0 Å². The Morgan fingerprint density at radius 3 is 2.58 bits per heavy atom. The highest BCUT2D eigenvalue weighted by Crippen LogP contribution is 2.57. The van der Waals surface area contributed by atoms with Crippen molar-refractivity contribution in [1.29, 1.82) is 0 Å². The lowest BCUT2D eigenvalue weighted by Gasteiger charge is -2.49. The highest BCUT2D eigenvalue weighted by Gasteiger charge is 2.64. The van der Waals surface area contributed by atoms with E-state index >= 15 is 0 Å². The van der Waals surface area contributed by atoms with Crippen LogP contribution < -0.4 is 5.32 Å². The van der Waals surface area contributed by atoms with Gasteiger partial charge in [-0.3, -0.25) is 0 Å². The van der Waals surface area contributed by atoms with Crippen molar-refractivity contribution in [3.05, 3.63) is 58.5 Å². The first-order valence-electron chi connectivity index (χ1n) is 9.65. The first kappa shape index (κ1) is 21.6. The number of phenolic OH excluding ortho intramolecular Hbond substituents is 1. The van der Waals surface area contributed by atoms with Crippen LogP contribution in [0.1, 0.15) is 43.3 Å². The van der Waals surface area contributed by atoms with Crippen molar-refractivity contribution in [1.82, 2.24) is 9.97 Å². The lowest BCUT2D eigenvalue weighted by Crippen LogP contribution is -2.58. The molecule has 0 radical (unpaired) electrons. The molecular formula is C22H21ClF3N3O2. The van der Waals surface area contributed by atoms with Gasteiger partial charge in [0.05, 0.1) is 16.6 Å². The Kier molecular flexibility index (Phi) is 4.86. The molecule has 2 atom stereocenters. The number of fused-ring (bicyclic) bond motifs is 2. The Labute approximate surface area is 181 Å². The van der Waals surface area contributed by atoms with Gasteiger partial charge < -0.3 is 15.5 Å². The van der Waals surface area contributed by atoms with E-state index in [-0.39, 0.29) is 21.9 Å². The van der Waals surface area contributed by atoms with Gasteiger partial charge in [0.1, 0.15) is 11.6 Å². The number of alkyl halides is 3. The number of nitrogens with one attached hydrogen (secondary N) is 1.